The van der Waals surface area contributed by atoms with Crippen molar-refractivity contribution in [3.8, 4) is 0 Å². The van der Waals surface area contributed by atoms with E-state index in [1.54, 1.807) is 0 Å². The van der Waals surface area contributed by atoms with Gasteiger partial charge in [0.15, 0.2) is 0 Å². The lowest BCUT2D eigenvalue weighted by Gasteiger charge is -2.36. The van der Waals surface area contributed by atoms with E-state index in [-0.39, 0.29) is 5.91 Å². The third-order valence-corrected chi connectivity index (χ3v) is 2.58. The Morgan fingerprint density at radius 3 is 2.79 bits per heavy atom. The van der Waals surface area contributed by atoms with Crippen molar-refractivity contribution in [1.82, 2.24) is 5.32 Å². The van der Waals surface area contributed by atoms with Gasteiger partial charge in [0, 0.05) is 19.6 Å². The van der Waals surface area contributed by atoms with Gasteiger partial charge in [-0.15, -0.1) is 0 Å². The van der Waals surface area contributed by atoms with Crippen molar-refractivity contribution in [2.45, 2.75) is 38.2 Å². The topological polar surface area (TPSA) is 58.6 Å². The van der Waals surface area contributed by atoms with Crippen molar-refractivity contribution >= 4 is 5.91 Å². The zero-order valence-electron chi connectivity index (χ0n) is 8.71. The van der Waals surface area contributed by atoms with Crippen LogP contribution in [0.25, 0.3) is 0 Å². The highest BCUT2D eigenvalue weighted by Crippen LogP contribution is 2.30. The molecule has 0 saturated heterocycles. The van der Waals surface area contributed by atoms with E-state index in [0.717, 1.165) is 19.3 Å². The third kappa shape index (κ3) is 3.64. The standard InChI is InChI=1S/C10H19NO3/c1-2-14-7-4-9(12)11-8-10(13)5-3-6-10/h13H,2-8H2,1H3,(H,11,12). The number of rotatable bonds is 6. The fourth-order valence-electron chi connectivity index (χ4n) is 1.42. The molecule has 1 saturated carbocycles. The van der Waals surface area contributed by atoms with E-state index in [1.165, 1.54) is 0 Å². The van der Waals surface area contributed by atoms with E-state index >= 15 is 0 Å². The number of hydrogen-bond acceptors (Lipinski definition) is 3. The van der Waals surface area contributed by atoms with E-state index in [4.69, 9.17) is 4.74 Å². The largest absolute Gasteiger partial charge is 0.388 e. The lowest BCUT2D eigenvalue weighted by molar-refractivity contribution is -0.124. The number of nitrogens with one attached hydrogen (secondary N) is 1. The Bertz CT molecular complexity index is 190. The summed E-state index contributed by atoms with van der Waals surface area (Å²) >= 11 is 0. The summed E-state index contributed by atoms with van der Waals surface area (Å²) in [7, 11) is 0. The van der Waals surface area contributed by atoms with Crippen LogP contribution in [-0.2, 0) is 9.53 Å². The number of ether oxygens (including phenoxy) is 1. The summed E-state index contributed by atoms with van der Waals surface area (Å²) < 4.78 is 5.05. The number of hydrogen-bond donors (Lipinski definition) is 2. The lowest BCUT2D eigenvalue weighted by Crippen LogP contribution is -2.47. The van der Waals surface area contributed by atoms with Crippen molar-refractivity contribution < 1.29 is 14.6 Å². The Kier molecular flexibility index (Phi) is 4.35. The Morgan fingerprint density at radius 2 is 2.29 bits per heavy atom. The number of carbonyl (C=O) groups is 1. The smallest absolute Gasteiger partial charge is 0.222 e. The Morgan fingerprint density at radius 1 is 1.57 bits per heavy atom. The summed E-state index contributed by atoms with van der Waals surface area (Å²) in [4.78, 5) is 11.2. The van der Waals surface area contributed by atoms with Crippen LogP contribution in [0.1, 0.15) is 32.6 Å². The first-order valence-corrected chi connectivity index (χ1v) is 5.23. The molecule has 14 heavy (non-hydrogen) atoms. The van der Waals surface area contributed by atoms with Crippen molar-refractivity contribution in [3.05, 3.63) is 0 Å². The van der Waals surface area contributed by atoms with Gasteiger partial charge in [-0.1, -0.05) is 0 Å². The molecule has 4 heteroatoms. The van der Waals surface area contributed by atoms with Crippen LogP contribution in [0.15, 0.2) is 0 Å². The van der Waals surface area contributed by atoms with Crippen molar-refractivity contribution in [1.29, 1.82) is 0 Å². The van der Waals surface area contributed by atoms with Crippen LogP contribution in [0.3, 0.4) is 0 Å². The van der Waals surface area contributed by atoms with Gasteiger partial charge in [-0.25, -0.2) is 0 Å². The molecule has 1 amide bonds. The van der Waals surface area contributed by atoms with Crippen LogP contribution in [0.4, 0.5) is 0 Å². The quantitative estimate of drug-likeness (QED) is 0.613. The van der Waals surface area contributed by atoms with Gasteiger partial charge in [0.1, 0.15) is 0 Å². The molecule has 4 nitrogen and oxygen atoms in total. The van der Waals surface area contributed by atoms with Gasteiger partial charge >= 0.3 is 0 Å². The highest BCUT2D eigenvalue weighted by atomic mass is 16.5. The third-order valence-electron chi connectivity index (χ3n) is 2.58. The highest BCUT2D eigenvalue weighted by Gasteiger charge is 2.34. The lowest BCUT2D eigenvalue weighted by atomic mass is 9.80. The molecule has 0 radical (unpaired) electrons. The van der Waals surface area contributed by atoms with Gasteiger partial charge in [0.05, 0.1) is 12.2 Å². The van der Waals surface area contributed by atoms with Crippen molar-refractivity contribution in [3.63, 3.8) is 0 Å². The van der Waals surface area contributed by atoms with Crippen molar-refractivity contribution in [2.24, 2.45) is 0 Å². The van der Waals surface area contributed by atoms with Gasteiger partial charge in [0.2, 0.25) is 5.91 Å². The second-order valence-corrected chi connectivity index (χ2v) is 3.80. The molecule has 0 heterocycles. The highest BCUT2D eigenvalue weighted by molar-refractivity contribution is 5.76. The maximum atomic E-state index is 11.2. The predicted octanol–water partition coefficient (Wildman–Crippen LogP) is 0.444. The maximum absolute atomic E-state index is 11.2. The minimum Gasteiger partial charge on any atom is -0.388 e. The molecule has 0 aliphatic heterocycles. The Balaban J connectivity index is 2.03. The first kappa shape index (κ1) is 11.5. The molecule has 0 atom stereocenters. The zero-order valence-corrected chi connectivity index (χ0v) is 8.71. The molecular weight excluding hydrogens is 182 g/mol. The molecule has 2 N–H and O–H groups in total. The van der Waals surface area contributed by atoms with Crippen molar-refractivity contribution in [2.75, 3.05) is 19.8 Å². The zero-order chi connectivity index (χ0) is 10.4. The Hall–Kier alpha value is -0.610. The molecule has 0 unspecified atom stereocenters. The fraction of sp³-hybridized carbons (Fsp3) is 0.900. The molecule has 0 aromatic carbocycles. The van der Waals surface area contributed by atoms with E-state index in [2.05, 4.69) is 5.32 Å². The minimum atomic E-state index is -0.624. The molecule has 0 bridgehead atoms. The van der Waals surface area contributed by atoms with Crippen LogP contribution in [0.2, 0.25) is 0 Å². The first-order chi connectivity index (χ1) is 6.66. The molecule has 0 aromatic rings. The molecule has 82 valence electrons. The second kappa shape index (κ2) is 5.32. The van der Waals surface area contributed by atoms with E-state index < -0.39 is 5.60 Å². The molecular formula is C10H19NO3. The van der Waals surface area contributed by atoms with Crippen LogP contribution >= 0.6 is 0 Å². The van der Waals surface area contributed by atoms with Crippen LogP contribution in [0, 0.1) is 0 Å². The van der Waals surface area contributed by atoms with Gasteiger partial charge in [0.25, 0.3) is 0 Å². The van der Waals surface area contributed by atoms with Gasteiger partial charge in [-0.3, -0.25) is 4.79 Å². The monoisotopic (exact) mass is 201 g/mol. The first-order valence-electron chi connectivity index (χ1n) is 5.23. The summed E-state index contributed by atoms with van der Waals surface area (Å²) in [6.45, 7) is 3.38. The summed E-state index contributed by atoms with van der Waals surface area (Å²) in [5.41, 5.74) is -0.624. The van der Waals surface area contributed by atoms with E-state index in [9.17, 15) is 9.90 Å². The predicted molar refractivity (Wildman–Crippen MR) is 52.9 cm³/mol. The van der Waals surface area contributed by atoms with Crippen LogP contribution in [-0.4, -0.2) is 36.4 Å². The van der Waals surface area contributed by atoms with Gasteiger partial charge in [-0.2, -0.15) is 0 Å². The normalized spacial score (nSPS) is 18.7. The minimum absolute atomic E-state index is 0.0428. The second-order valence-electron chi connectivity index (χ2n) is 3.80. The molecule has 1 aliphatic carbocycles. The summed E-state index contributed by atoms with van der Waals surface area (Å²) in [6, 6.07) is 0. The van der Waals surface area contributed by atoms with E-state index in [1.807, 2.05) is 6.92 Å². The summed E-state index contributed by atoms with van der Waals surface area (Å²) in [5, 5.41) is 12.4. The average Bonchev–Trinajstić information content (AvgIpc) is 2.12. The number of carbonyl (C=O) groups excluding carboxylic acids is 1. The van der Waals surface area contributed by atoms with Crippen LogP contribution < -0.4 is 5.32 Å². The van der Waals surface area contributed by atoms with Gasteiger partial charge < -0.3 is 15.2 Å². The summed E-state index contributed by atoms with van der Waals surface area (Å²) in [6.07, 6.45) is 3.05. The SMILES string of the molecule is CCOCCC(=O)NCC1(O)CCC1. The molecule has 0 spiro atoms. The molecule has 1 rings (SSSR count). The molecule has 0 aromatic heterocycles. The molecule has 1 fully saturated rings. The Labute approximate surface area is 84.6 Å². The maximum Gasteiger partial charge on any atom is 0.222 e. The summed E-state index contributed by atoms with van der Waals surface area (Å²) in [5.74, 6) is -0.0428. The number of amides is 1. The van der Waals surface area contributed by atoms with Crippen LogP contribution in [0.5, 0.6) is 0 Å². The average molecular weight is 201 g/mol. The molecule has 1 aliphatic rings. The number of aliphatic hydroxyl groups is 1. The van der Waals surface area contributed by atoms with Gasteiger partial charge in [-0.05, 0) is 26.2 Å². The fourth-order valence-corrected chi connectivity index (χ4v) is 1.42. The van der Waals surface area contributed by atoms with E-state index in [0.29, 0.717) is 26.2 Å².